The third kappa shape index (κ3) is 3.46. The second kappa shape index (κ2) is 5.90. The topological polar surface area (TPSA) is 69.6 Å². The molecule has 8 heteroatoms. The number of nitrogens with one attached hydrogen (secondary N) is 1. The lowest BCUT2D eigenvalue weighted by Crippen LogP contribution is -2.39. The lowest BCUT2D eigenvalue weighted by molar-refractivity contribution is -0.119. The van der Waals surface area contributed by atoms with Crippen LogP contribution in [0.5, 0.6) is 0 Å². The number of hydrogen-bond acceptors (Lipinski definition) is 3. The molecule has 5 nitrogen and oxygen atoms in total. The first-order chi connectivity index (χ1) is 8.97. The van der Waals surface area contributed by atoms with Gasteiger partial charge in [-0.05, 0) is 36.6 Å². The molecule has 0 aliphatic carbocycles. The van der Waals surface area contributed by atoms with Crippen LogP contribution >= 0.6 is 35.1 Å². The van der Waals surface area contributed by atoms with Crippen LogP contribution in [0.1, 0.15) is 6.42 Å². The summed E-state index contributed by atoms with van der Waals surface area (Å²) in [4.78, 5) is 23.0. The zero-order chi connectivity index (χ0) is 14.0. The van der Waals surface area contributed by atoms with Gasteiger partial charge in [0.1, 0.15) is 6.04 Å². The van der Waals surface area contributed by atoms with E-state index in [1.807, 2.05) is 0 Å². The number of anilines is 1. The van der Waals surface area contributed by atoms with E-state index in [0.717, 1.165) is 16.3 Å². The largest absolute Gasteiger partial charge is 0.464 e. The number of rotatable bonds is 2. The third-order valence-corrected chi connectivity index (χ3v) is 4.07. The van der Waals surface area contributed by atoms with Crippen LogP contribution in [-0.2, 0) is 4.79 Å². The highest BCUT2D eigenvalue weighted by Gasteiger charge is 2.35. The summed E-state index contributed by atoms with van der Waals surface area (Å²) < 4.78 is 1.06. The first kappa shape index (κ1) is 14.3. The molecule has 1 aromatic carbocycles. The fourth-order valence-electron chi connectivity index (χ4n) is 1.75. The van der Waals surface area contributed by atoms with Crippen molar-refractivity contribution < 1.29 is 14.7 Å². The molecular weight excluding hydrogens is 311 g/mol. The minimum atomic E-state index is -1.12. The van der Waals surface area contributed by atoms with Crippen LogP contribution < -0.4 is 5.32 Å². The van der Waals surface area contributed by atoms with Crippen LogP contribution in [0, 0.1) is 0 Å². The van der Waals surface area contributed by atoms with Crippen molar-refractivity contribution in [2.75, 3.05) is 11.1 Å². The van der Waals surface area contributed by atoms with Crippen molar-refractivity contribution in [2.24, 2.45) is 0 Å². The minimum Gasteiger partial charge on any atom is -0.464 e. The zero-order valence-electron chi connectivity index (χ0n) is 9.60. The Balaban J connectivity index is 2.10. The van der Waals surface area contributed by atoms with Crippen LogP contribution in [0.15, 0.2) is 18.2 Å². The summed E-state index contributed by atoms with van der Waals surface area (Å²) in [5.74, 6) is 0.214. The number of nitrogens with zero attached hydrogens (tertiary/aromatic N) is 1. The molecule has 1 aromatic rings. The molecule has 1 atom stereocenters. The van der Waals surface area contributed by atoms with Crippen molar-refractivity contribution in [1.29, 1.82) is 0 Å². The van der Waals surface area contributed by atoms with Crippen molar-refractivity contribution in [3.05, 3.63) is 28.2 Å². The summed E-state index contributed by atoms with van der Waals surface area (Å²) in [6, 6.07) is 3.96. The van der Waals surface area contributed by atoms with Gasteiger partial charge in [0.25, 0.3) is 0 Å². The smallest absolute Gasteiger partial charge is 0.418 e. The average molecular weight is 321 g/mol. The molecular formula is C11H10Cl2N2O3S. The summed E-state index contributed by atoms with van der Waals surface area (Å²) in [5, 5.41) is 12.4. The Morgan fingerprint density at radius 2 is 1.95 bits per heavy atom. The Hall–Kier alpha value is -1.11. The molecule has 0 spiro atoms. The Morgan fingerprint density at radius 3 is 2.53 bits per heavy atom. The SMILES string of the molecule is O=C(Nc1cc(Cl)cc(Cl)c1)C1CCSN1C(=O)O. The van der Waals surface area contributed by atoms with Crippen LogP contribution in [0.4, 0.5) is 10.5 Å². The standard InChI is InChI=1S/C11H10Cl2N2O3S/c12-6-3-7(13)5-8(4-6)14-10(16)9-1-2-19-15(9)11(17)18/h3-5,9H,1-2H2,(H,14,16)(H,17,18). The lowest BCUT2D eigenvalue weighted by atomic mass is 10.2. The van der Waals surface area contributed by atoms with Gasteiger partial charge in [-0.2, -0.15) is 0 Å². The van der Waals surface area contributed by atoms with Gasteiger partial charge in [-0.3, -0.25) is 4.79 Å². The average Bonchev–Trinajstić information content (AvgIpc) is 2.75. The normalized spacial score (nSPS) is 18.4. The Morgan fingerprint density at radius 1 is 1.32 bits per heavy atom. The van der Waals surface area contributed by atoms with Gasteiger partial charge in [0.05, 0.1) is 0 Å². The number of halogens is 2. The monoisotopic (exact) mass is 320 g/mol. The zero-order valence-corrected chi connectivity index (χ0v) is 11.9. The van der Waals surface area contributed by atoms with Crippen LogP contribution in [-0.4, -0.2) is 33.2 Å². The van der Waals surface area contributed by atoms with E-state index in [0.29, 0.717) is 27.9 Å². The molecule has 1 aliphatic rings. The quantitative estimate of drug-likeness (QED) is 0.820. The highest BCUT2D eigenvalue weighted by Crippen LogP contribution is 2.28. The second-order valence-corrected chi connectivity index (χ2v) is 5.83. The Bertz CT molecular complexity index is 506. The van der Waals surface area contributed by atoms with E-state index in [1.54, 1.807) is 18.2 Å². The van der Waals surface area contributed by atoms with Crippen molar-refractivity contribution >= 4 is 52.8 Å². The summed E-state index contributed by atoms with van der Waals surface area (Å²) in [6.45, 7) is 0. The van der Waals surface area contributed by atoms with E-state index in [-0.39, 0.29) is 5.91 Å². The van der Waals surface area contributed by atoms with Crippen molar-refractivity contribution in [3.8, 4) is 0 Å². The molecule has 1 unspecified atom stereocenters. The predicted octanol–water partition coefficient (Wildman–Crippen LogP) is 3.33. The number of carbonyl (C=O) groups excluding carboxylic acids is 1. The van der Waals surface area contributed by atoms with E-state index in [4.69, 9.17) is 28.3 Å². The maximum atomic E-state index is 12.0. The highest BCUT2D eigenvalue weighted by molar-refractivity contribution is 7.97. The molecule has 1 fully saturated rings. The van der Waals surface area contributed by atoms with Crippen molar-refractivity contribution in [1.82, 2.24) is 4.31 Å². The fourth-order valence-corrected chi connectivity index (χ4v) is 3.29. The van der Waals surface area contributed by atoms with Gasteiger partial charge in [0, 0.05) is 21.5 Å². The van der Waals surface area contributed by atoms with Gasteiger partial charge in [-0.25, -0.2) is 9.10 Å². The van der Waals surface area contributed by atoms with Gasteiger partial charge < -0.3 is 10.4 Å². The second-order valence-electron chi connectivity index (χ2n) is 3.89. The fraction of sp³-hybridized carbons (Fsp3) is 0.273. The molecule has 0 saturated carbocycles. The van der Waals surface area contributed by atoms with Gasteiger partial charge in [0.2, 0.25) is 5.91 Å². The summed E-state index contributed by atoms with van der Waals surface area (Å²) in [6.07, 6.45) is -0.635. The van der Waals surface area contributed by atoms with E-state index >= 15 is 0 Å². The molecule has 0 radical (unpaired) electrons. The van der Waals surface area contributed by atoms with Gasteiger partial charge in [0.15, 0.2) is 0 Å². The highest BCUT2D eigenvalue weighted by atomic mass is 35.5. The van der Waals surface area contributed by atoms with Gasteiger partial charge in [-0.1, -0.05) is 23.2 Å². The molecule has 2 N–H and O–H groups in total. The Kier molecular flexibility index (Phi) is 4.44. The maximum absolute atomic E-state index is 12.0. The Labute approximate surface area is 124 Å². The number of carboxylic acid groups (broad SMARTS) is 1. The van der Waals surface area contributed by atoms with E-state index < -0.39 is 12.1 Å². The van der Waals surface area contributed by atoms with Crippen LogP contribution in [0.25, 0.3) is 0 Å². The van der Waals surface area contributed by atoms with E-state index in [2.05, 4.69) is 5.32 Å². The molecule has 0 bridgehead atoms. The lowest BCUT2D eigenvalue weighted by Gasteiger charge is -2.19. The molecule has 2 rings (SSSR count). The maximum Gasteiger partial charge on any atom is 0.418 e. The van der Waals surface area contributed by atoms with Crippen LogP contribution in [0.3, 0.4) is 0 Å². The van der Waals surface area contributed by atoms with Crippen molar-refractivity contribution in [3.63, 3.8) is 0 Å². The first-order valence-corrected chi connectivity index (χ1v) is 7.09. The molecule has 1 saturated heterocycles. The summed E-state index contributed by atoms with van der Waals surface area (Å²) in [5.41, 5.74) is 0.449. The molecule has 102 valence electrons. The van der Waals surface area contributed by atoms with Crippen molar-refractivity contribution in [2.45, 2.75) is 12.5 Å². The molecule has 1 aliphatic heterocycles. The minimum absolute atomic E-state index is 0.384. The van der Waals surface area contributed by atoms with E-state index in [9.17, 15) is 9.59 Å². The predicted molar refractivity (Wildman–Crippen MR) is 75.8 cm³/mol. The molecule has 2 amide bonds. The summed E-state index contributed by atoms with van der Waals surface area (Å²) in [7, 11) is 0. The third-order valence-electron chi connectivity index (χ3n) is 2.53. The van der Waals surface area contributed by atoms with Crippen LogP contribution in [0.2, 0.25) is 10.0 Å². The molecule has 0 aromatic heterocycles. The van der Waals surface area contributed by atoms with Gasteiger partial charge in [-0.15, -0.1) is 0 Å². The number of benzene rings is 1. The molecule has 19 heavy (non-hydrogen) atoms. The number of hydrogen-bond donors (Lipinski definition) is 2. The summed E-state index contributed by atoms with van der Waals surface area (Å²) >= 11 is 12.8. The number of carbonyl (C=O) groups is 2. The van der Waals surface area contributed by atoms with Gasteiger partial charge >= 0.3 is 6.09 Å². The molecule has 1 heterocycles. The van der Waals surface area contributed by atoms with E-state index in [1.165, 1.54) is 0 Å². The first-order valence-electron chi connectivity index (χ1n) is 5.39. The number of amides is 2.